The van der Waals surface area contributed by atoms with Gasteiger partial charge in [0.15, 0.2) is 0 Å². The quantitative estimate of drug-likeness (QED) is 0.761. The minimum atomic E-state index is -0.178. The van der Waals surface area contributed by atoms with Gasteiger partial charge in [0, 0.05) is 13.2 Å². The number of hydrogen-bond acceptors (Lipinski definition) is 3. The van der Waals surface area contributed by atoms with Crippen molar-refractivity contribution < 1.29 is 9.47 Å². The number of ether oxygens (including phenoxy) is 2. The normalized spacial score (nSPS) is 35.6. The molecule has 2 heterocycles. The smallest absolute Gasteiger partial charge is 0.143 e. The van der Waals surface area contributed by atoms with Crippen molar-refractivity contribution in [2.24, 2.45) is 0 Å². The highest BCUT2D eigenvalue weighted by Crippen LogP contribution is 2.36. The first-order chi connectivity index (χ1) is 7.24. The maximum Gasteiger partial charge on any atom is 0.143 e. The Morgan fingerprint density at radius 2 is 2.00 bits per heavy atom. The van der Waals surface area contributed by atoms with Crippen LogP contribution in [0.4, 0.5) is 0 Å². The van der Waals surface area contributed by atoms with Crippen LogP contribution >= 0.6 is 0 Å². The summed E-state index contributed by atoms with van der Waals surface area (Å²) in [5, 5.41) is 3.51. The molecular formula is C12H23NO2. The van der Waals surface area contributed by atoms with E-state index in [-0.39, 0.29) is 11.3 Å². The van der Waals surface area contributed by atoms with E-state index in [0.717, 1.165) is 51.9 Å². The van der Waals surface area contributed by atoms with E-state index in [0.29, 0.717) is 0 Å². The van der Waals surface area contributed by atoms with Gasteiger partial charge in [-0.15, -0.1) is 0 Å². The van der Waals surface area contributed by atoms with E-state index in [2.05, 4.69) is 19.2 Å². The summed E-state index contributed by atoms with van der Waals surface area (Å²) in [6.07, 6.45) is 5.53. The molecule has 3 heteroatoms. The topological polar surface area (TPSA) is 30.5 Å². The van der Waals surface area contributed by atoms with Gasteiger partial charge in [-0.25, -0.2) is 0 Å². The summed E-state index contributed by atoms with van der Waals surface area (Å²) in [7, 11) is 0. The second-order valence-corrected chi connectivity index (χ2v) is 4.82. The summed E-state index contributed by atoms with van der Waals surface area (Å²) in [5.74, 6) is 0. The average molecular weight is 213 g/mol. The maximum atomic E-state index is 6.36. The lowest BCUT2D eigenvalue weighted by atomic mass is 9.89. The Morgan fingerprint density at radius 3 is 2.60 bits per heavy atom. The molecule has 1 spiro atoms. The van der Waals surface area contributed by atoms with Crippen molar-refractivity contribution in [1.82, 2.24) is 5.32 Å². The number of nitrogens with one attached hydrogen (secondary N) is 1. The summed E-state index contributed by atoms with van der Waals surface area (Å²) >= 11 is 0. The van der Waals surface area contributed by atoms with E-state index in [1.807, 2.05) is 0 Å². The summed E-state index contributed by atoms with van der Waals surface area (Å²) in [6, 6.07) is 0. The lowest BCUT2D eigenvalue weighted by Crippen LogP contribution is -2.62. The molecule has 0 radical (unpaired) electrons. The summed E-state index contributed by atoms with van der Waals surface area (Å²) in [6.45, 7) is 7.12. The van der Waals surface area contributed by atoms with Gasteiger partial charge in [-0.3, -0.25) is 5.32 Å². The van der Waals surface area contributed by atoms with Gasteiger partial charge in [-0.05, 0) is 32.1 Å². The molecule has 2 fully saturated rings. The van der Waals surface area contributed by atoms with Gasteiger partial charge in [-0.2, -0.15) is 0 Å². The summed E-state index contributed by atoms with van der Waals surface area (Å²) < 4.78 is 11.9. The van der Waals surface area contributed by atoms with Gasteiger partial charge in [0.1, 0.15) is 5.72 Å². The molecule has 2 rings (SSSR count). The minimum absolute atomic E-state index is 0.0892. The first-order valence-corrected chi connectivity index (χ1v) is 6.27. The Hall–Kier alpha value is -0.120. The largest absolute Gasteiger partial charge is 0.377 e. The third-order valence-electron chi connectivity index (χ3n) is 3.93. The van der Waals surface area contributed by atoms with Crippen LogP contribution in [0.5, 0.6) is 0 Å². The van der Waals surface area contributed by atoms with Crippen molar-refractivity contribution in [3.63, 3.8) is 0 Å². The maximum absolute atomic E-state index is 6.36. The fourth-order valence-corrected chi connectivity index (χ4v) is 2.76. The van der Waals surface area contributed by atoms with Gasteiger partial charge in [0.05, 0.1) is 12.2 Å². The molecule has 0 aromatic carbocycles. The van der Waals surface area contributed by atoms with Gasteiger partial charge in [0.2, 0.25) is 0 Å². The highest BCUT2D eigenvalue weighted by Gasteiger charge is 2.44. The lowest BCUT2D eigenvalue weighted by Gasteiger charge is -2.50. The summed E-state index contributed by atoms with van der Waals surface area (Å²) in [5.41, 5.74) is -0.0888. The number of hydrogen-bond donors (Lipinski definition) is 1. The molecule has 88 valence electrons. The van der Waals surface area contributed by atoms with Crippen LogP contribution in [0.25, 0.3) is 0 Å². The van der Waals surface area contributed by atoms with E-state index in [1.165, 1.54) is 0 Å². The van der Waals surface area contributed by atoms with Crippen molar-refractivity contribution in [1.29, 1.82) is 0 Å². The van der Waals surface area contributed by atoms with Crippen molar-refractivity contribution in [3.8, 4) is 0 Å². The zero-order chi connectivity index (χ0) is 10.8. The first kappa shape index (κ1) is 11.4. The van der Waals surface area contributed by atoms with Gasteiger partial charge < -0.3 is 9.47 Å². The summed E-state index contributed by atoms with van der Waals surface area (Å²) in [4.78, 5) is 0. The second kappa shape index (κ2) is 4.40. The van der Waals surface area contributed by atoms with Crippen LogP contribution in [-0.2, 0) is 9.47 Å². The monoisotopic (exact) mass is 213 g/mol. The van der Waals surface area contributed by atoms with E-state index in [1.54, 1.807) is 0 Å². The van der Waals surface area contributed by atoms with E-state index >= 15 is 0 Å². The molecule has 1 atom stereocenters. The molecule has 1 unspecified atom stereocenters. The molecule has 0 aromatic rings. The molecular weight excluding hydrogens is 190 g/mol. The molecule has 0 bridgehead atoms. The predicted octanol–water partition coefficient (Wildman–Crippen LogP) is 2.06. The van der Waals surface area contributed by atoms with Crippen LogP contribution in [0.3, 0.4) is 0 Å². The van der Waals surface area contributed by atoms with Crippen LogP contribution in [0.2, 0.25) is 0 Å². The van der Waals surface area contributed by atoms with Gasteiger partial charge in [-0.1, -0.05) is 13.8 Å². The van der Waals surface area contributed by atoms with Crippen LogP contribution in [-0.4, -0.2) is 31.1 Å². The van der Waals surface area contributed by atoms with Gasteiger partial charge in [0.25, 0.3) is 0 Å². The second-order valence-electron chi connectivity index (χ2n) is 4.82. The zero-order valence-electron chi connectivity index (χ0n) is 9.97. The zero-order valence-corrected chi connectivity index (χ0v) is 9.97. The van der Waals surface area contributed by atoms with Crippen LogP contribution in [0, 0.1) is 0 Å². The highest BCUT2D eigenvalue weighted by atomic mass is 16.6. The molecule has 0 aliphatic carbocycles. The molecule has 1 N–H and O–H groups in total. The lowest BCUT2D eigenvalue weighted by molar-refractivity contribution is -0.240. The third kappa shape index (κ3) is 2.19. The van der Waals surface area contributed by atoms with Crippen molar-refractivity contribution in [2.45, 2.75) is 57.3 Å². The molecule has 2 aliphatic heterocycles. The van der Waals surface area contributed by atoms with E-state index in [4.69, 9.17) is 9.47 Å². The molecule has 15 heavy (non-hydrogen) atoms. The Kier molecular flexibility index (Phi) is 3.33. The van der Waals surface area contributed by atoms with E-state index < -0.39 is 0 Å². The Morgan fingerprint density at radius 1 is 1.20 bits per heavy atom. The molecule has 0 aromatic heterocycles. The average Bonchev–Trinajstić information content (AvgIpc) is 2.30. The SMILES string of the molecule is CCC1(CC)CCNC2(CCCOC2)O1. The Labute approximate surface area is 92.5 Å². The van der Waals surface area contributed by atoms with Crippen molar-refractivity contribution in [2.75, 3.05) is 19.8 Å². The Bertz CT molecular complexity index is 202. The van der Waals surface area contributed by atoms with E-state index in [9.17, 15) is 0 Å². The standard InChI is InChI=1S/C12H23NO2/c1-3-11(4-2)7-8-13-12(15-11)6-5-9-14-10-12/h13H,3-10H2,1-2H3. The fourth-order valence-electron chi connectivity index (χ4n) is 2.76. The third-order valence-corrected chi connectivity index (χ3v) is 3.93. The van der Waals surface area contributed by atoms with Crippen LogP contribution < -0.4 is 5.32 Å². The Balaban J connectivity index is 2.07. The van der Waals surface area contributed by atoms with Crippen LogP contribution in [0.15, 0.2) is 0 Å². The first-order valence-electron chi connectivity index (χ1n) is 6.27. The molecule has 0 saturated carbocycles. The molecule has 2 saturated heterocycles. The highest BCUT2D eigenvalue weighted by molar-refractivity contribution is 4.93. The predicted molar refractivity (Wildman–Crippen MR) is 59.8 cm³/mol. The fraction of sp³-hybridized carbons (Fsp3) is 1.00. The molecule has 0 amide bonds. The molecule has 2 aliphatic rings. The molecule has 3 nitrogen and oxygen atoms in total. The van der Waals surface area contributed by atoms with Crippen molar-refractivity contribution in [3.05, 3.63) is 0 Å². The van der Waals surface area contributed by atoms with Crippen LogP contribution in [0.1, 0.15) is 46.0 Å². The minimum Gasteiger partial charge on any atom is -0.377 e. The van der Waals surface area contributed by atoms with Gasteiger partial charge >= 0.3 is 0 Å². The van der Waals surface area contributed by atoms with Crippen molar-refractivity contribution >= 4 is 0 Å². The number of rotatable bonds is 2.